The van der Waals surface area contributed by atoms with Crippen molar-refractivity contribution >= 4 is 29.3 Å². The van der Waals surface area contributed by atoms with E-state index in [1.54, 1.807) is 18.2 Å². The Balaban J connectivity index is 2.58. The molecule has 7 nitrogen and oxygen atoms in total. The second-order valence-corrected chi connectivity index (χ2v) is 4.01. The summed E-state index contributed by atoms with van der Waals surface area (Å²) in [7, 11) is 0. The lowest BCUT2D eigenvalue weighted by Gasteiger charge is -2.03. The molecular weight excluding hydrogens is 284 g/mol. The van der Waals surface area contributed by atoms with Crippen molar-refractivity contribution in [3.63, 3.8) is 0 Å². The third kappa shape index (κ3) is 5.37. The van der Waals surface area contributed by atoms with Gasteiger partial charge in [0.05, 0.1) is 11.4 Å². The highest BCUT2D eigenvalue weighted by atomic mass is 35.5. The molecule has 0 spiro atoms. The van der Waals surface area contributed by atoms with E-state index in [1.807, 2.05) is 0 Å². The number of carboxylic acids is 1. The van der Waals surface area contributed by atoms with Crippen molar-refractivity contribution in [2.45, 2.75) is 6.42 Å². The summed E-state index contributed by atoms with van der Waals surface area (Å²) >= 11 is 5.66. The number of anilines is 1. The van der Waals surface area contributed by atoms with E-state index in [2.05, 4.69) is 15.6 Å². The van der Waals surface area contributed by atoms with Crippen LogP contribution in [0.5, 0.6) is 0 Å². The molecule has 20 heavy (non-hydrogen) atoms. The van der Waals surface area contributed by atoms with Crippen LogP contribution in [-0.4, -0.2) is 28.5 Å². The zero-order valence-corrected chi connectivity index (χ0v) is 11.0. The highest BCUT2D eigenvalue weighted by molar-refractivity contribution is 6.30. The van der Waals surface area contributed by atoms with E-state index in [0.29, 0.717) is 10.8 Å². The Morgan fingerprint density at radius 1 is 1.50 bits per heavy atom. The summed E-state index contributed by atoms with van der Waals surface area (Å²) in [5, 5.41) is 22.7. The van der Waals surface area contributed by atoms with Gasteiger partial charge in [0.25, 0.3) is 5.91 Å². The van der Waals surface area contributed by atoms with E-state index >= 15 is 0 Å². The first kappa shape index (κ1) is 15.5. The number of amides is 1. The molecule has 0 aromatic carbocycles. The monoisotopic (exact) mass is 294 g/mol. The highest BCUT2D eigenvalue weighted by Crippen LogP contribution is 2.09. The Morgan fingerprint density at radius 3 is 2.80 bits per heavy atom. The lowest BCUT2D eigenvalue weighted by Crippen LogP contribution is -2.27. The molecule has 1 amide bonds. The predicted molar refractivity (Wildman–Crippen MR) is 71.8 cm³/mol. The maximum Gasteiger partial charge on any atom is 0.305 e. The van der Waals surface area contributed by atoms with Gasteiger partial charge in [0.1, 0.15) is 17.5 Å². The van der Waals surface area contributed by atoms with E-state index in [0.717, 1.165) is 0 Å². The first-order chi connectivity index (χ1) is 9.52. The fourth-order valence-corrected chi connectivity index (χ4v) is 1.25. The normalized spacial score (nSPS) is 10.5. The molecule has 0 saturated heterocycles. The van der Waals surface area contributed by atoms with Crippen LogP contribution in [0.3, 0.4) is 0 Å². The number of aliphatic carboxylic acids is 1. The van der Waals surface area contributed by atoms with Crippen molar-refractivity contribution in [3.05, 3.63) is 35.1 Å². The van der Waals surface area contributed by atoms with Crippen molar-refractivity contribution < 1.29 is 14.7 Å². The molecule has 8 heteroatoms. The minimum Gasteiger partial charge on any atom is -0.481 e. The number of pyridine rings is 1. The Morgan fingerprint density at radius 2 is 2.25 bits per heavy atom. The van der Waals surface area contributed by atoms with Gasteiger partial charge in [-0.15, -0.1) is 0 Å². The number of carboxylic acid groups (broad SMARTS) is 1. The SMILES string of the molecule is N#C/C(=C/Nc1ccc(Cl)cn1)C(=O)NCCC(=O)O. The van der Waals surface area contributed by atoms with Gasteiger partial charge >= 0.3 is 5.97 Å². The molecule has 1 aromatic rings. The molecule has 0 unspecified atom stereocenters. The van der Waals surface area contributed by atoms with Gasteiger partial charge in [0, 0.05) is 18.9 Å². The molecule has 1 rings (SSSR count). The molecule has 0 aliphatic rings. The third-order valence-electron chi connectivity index (χ3n) is 2.08. The van der Waals surface area contributed by atoms with Crippen LogP contribution in [0.15, 0.2) is 30.1 Å². The van der Waals surface area contributed by atoms with Crippen LogP contribution in [0.25, 0.3) is 0 Å². The zero-order valence-electron chi connectivity index (χ0n) is 10.3. The van der Waals surface area contributed by atoms with Gasteiger partial charge in [-0.3, -0.25) is 9.59 Å². The number of nitrogens with one attached hydrogen (secondary N) is 2. The van der Waals surface area contributed by atoms with Crippen LogP contribution in [0.2, 0.25) is 5.02 Å². The number of carbonyl (C=O) groups excluding carboxylic acids is 1. The molecule has 1 heterocycles. The van der Waals surface area contributed by atoms with Crippen LogP contribution in [0.4, 0.5) is 5.82 Å². The summed E-state index contributed by atoms with van der Waals surface area (Å²) in [6.07, 6.45) is 2.39. The topological polar surface area (TPSA) is 115 Å². The van der Waals surface area contributed by atoms with E-state index in [1.165, 1.54) is 12.4 Å². The van der Waals surface area contributed by atoms with Crippen LogP contribution in [0.1, 0.15) is 6.42 Å². The van der Waals surface area contributed by atoms with Gasteiger partial charge in [-0.05, 0) is 12.1 Å². The molecular formula is C12H11ClN4O3. The van der Waals surface area contributed by atoms with E-state index in [9.17, 15) is 9.59 Å². The Kier molecular flexibility index (Phi) is 6.00. The molecule has 104 valence electrons. The number of nitriles is 1. The largest absolute Gasteiger partial charge is 0.481 e. The van der Waals surface area contributed by atoms with Gasteiger partial charge in [-0.1, -0.05) is 11.6 Å². The summed E-state index contributed by atoms with van der Waals surface area (Å²) in [5.41, 5.74) is -0.188. The van der Waals surface area contributed by atoms with Crippen molar-refractivity contribution in [1.29, 1.82) is 5.26 Å². The lowest BCUT2D eigenvalue weighted by atomic mass is 10.3. The standard InChI is InChI=1S/C12H11ClN4O3/c13-9-1-2-10(17-7-9)16-6-8(5-14)12(20)15-4-3-11(18)19/h1-2,6-7H,3-4H2,(H,15,20)(H,16,17)(H,18,19)/b8-6-. The maximum atomic E-state index is 11.6. The molecule has 0 aliphatic carbocycles. The first-order valence-corrected chi connectivity index (χ1v) is 5.89. The number of rotatable bonds is 6. The van der Waals surface area contributed by atoms with E-state index in [4.69, 9.17) is 22.0 Å². The Hall–Kier alpha value is -2.59. The fraction of sp³-hybridized carbons (Fsp3) is 0.167. The van der Waals surface area contributed by atoms with Gasteiger partial charge < -0.3 is 15.7 Å². The number of hydrogen-bond donors (Lipinski definition) is 3. The minimum absolute atomic E-state index is 0.0492. The number of halogens is 1. The van der Waals surface area contributed by atoms with Crippen molar-refractivity contribution in [2.24, 2.45) is 0 Å². The zero-order chi connectivity index (χ0) is 15.0. The molecule has 0 atom stereocenters. The molecule has 0 bridgehead atoms. The molecule has 1 aromatic heterocycles. The first-order valence-electron chi connectivity index (χ1n) is 5.51. The maximum absolute atomic E-state index is 11.6. The Bertz CT molecular complexity index is 563. The van der Waals surface area contributed by atoms with E-state index in [-0.39, 0.29) is 18.5 Å². The summed E-state index contributed by atoms with van der Waals surface area (Å²) in [6, 6.07) is 4.89. The van der Waals surface area contributed by atoms with Crippen molar-refractivity contribution in [3.8, 4) is 6.07 Å². The lowest BCUT2D eigenvalue weighted by molar-refractivity contribution is -0.136. The van der Waals surface area contributed by atoms with Crippen LogP contribution in [0, 0.1) is 11.3 Å². The highest BCUT2D eigenvalue weighted by Gasteiger charge is 2.08. The van der Waals surface area contributed by atoms with Gasteiger partial charge in [-0.25, -0.2) is 4.98 Å². The minimum atomic E-state index is -1.03. The fourth-order valence-electron chi connectivity index (χ4n) is 1.13. The van der Waals surface area contributed by atoms with Gasteiger partial charge in [-0.2, -0.15) is 5.26 Å². The number of carbonyl (C=O) groups is 2. The summed E-state index contributed by atoms with van der Waals surface area (Å²) in [6.45, 7) is -0.0492. The molecule has 3 N–H and O–H groups in total. The number of nitrogens with zero attached hydrogens (tertiary/aromatic N) is 2. The second-order valence-electron chi connectivity index (χ2n) is 3.58. The molecule has 0 radical (unpaired) electrons. The molecule has 0 saturated carbocycles. The van der Waals surface area contributed by atoms with Gasteiger partial charge in [0.2, 0.25) is 0 Å². The van der Waals surface area contributed by atoms with E-state index < -0.39 is 11.9 Å². The third-order valence-corrected chi connectivity index (χ3v) is 2.30. The predicted octanol–water partition coefficient (Wildman–Crippen LogP) is 1.15. The van der Waals surface area contributed by atoms with Crippen LogP contribution in [-0.2, 0) is 9.59 Å². The molecule has 0 aliphatic heterocycles. The number of hydrogen-bond acceptors (Lipinski definition) is 5. The van der Waals surface area contributed by atoms with Gasteiger partial charge in [0.15, 0.2) is 0 Å². The smallest absolute Gasteiger partial charge is 0.305 e. The number of aromatic nitrogens is 1. The average molecular weight is 295 g/mol. The summed E-state index contributed by atoms with van der Waals surface area (Å²) in [4.78, 5) is 25.8. The quantitative estimate of drug-likeness (QED) is 0.535. The van der Waals surface area contributed by atoms with Crippen molar-refractivity contribution in [2.75, 3.05) is 11.9 Å². The van der Waals surface area contributed by atoms with Crippen LogP contribution >= 0.6 is 11.6 Å². The van der Waals surface area contributed by atoms with Crippen LogP contribution < -0.4 is 10.6 Å². The van der Waals surface area contributed by atoms with Crippen molar-refractivity contribution in [1.82, 2.24) is 10.3 Å². The Labute approximate surface area is 119 Å². The summed E-state index contributed by atoms with van der Waals surface area (Å²) in [5.74, 6) is -1.27. The average Bonchev–Trinajstić information content (AvgIpc) is 2.41. The summed E-state index contributed by atoms with van der Waals surface area (Å²) < 4.78 is 0. The molecule has 0 fully saturated rings. The second kappa shape index (κ2) is 7.76.